The zero-order valence-corrected chi connectivity index (χ0v) is 12.0. The van der Waals surface area contributed by atoms with E-state index in [4.69, 9.17) is 27.7 Å². The summed E-state index contributed by atoms with van der Waals surface area (Å²) in [6.07, 6.45) is -0.140. The first-order valence-corrected chi connectivity index (χ1v) is 7.11. The summed E-state index contributed by atoms with van der Waals surface area (Å²) in [6, 6.07) is 12.3. The molecule has 1 aliphatic heterocycles. The van der Waals surface area contributed by atoms with E-state index in [1.165, 1.54) is 5.39 Å². The van der Waals surface area contributed by atoms with Crippen molar-refractivity contribution in [3.8, 4) is 0 Å². The van der Waals surface area contributed by atoms with E-state index >= 15 is 0 Å². The first-order valence-electron chi connectivity index (χ1n) is 6.70. The second kappa shape index (κ2) is 5.83. The van der Waals surface area contributed by atoms with Gasteiger partial charge in [-0.25, -0.2) is 0 Å². The predicted molar refractivity (Wildman–Crippen MR) is 83.5 cm³/mol. The van der Waals surface area contributed by atoms with Gasteiger partial charge in [0.2, 0.25) is 0 Å². The van der Waals surface area contributed by atoms with Crippen LogP contribution in [-0.4, -0.2) is 40.7 Å². The topological polar surface area (TPSA) is 51.4 Å². The molecule has 4 nitrogen and oxygen atoms in total. The molecule has 1 aliphatic rings. The number of ether oxygens (including phenoxy) is 1. The fourth-order valence-corrected chi connectivity index (χ4v) is 2.59. The maximum absolute atomic E-state index is 5.66. The highest BCUT2D eigenvalue weighted by molar-refractivity contribution is 7.80. The maximum Gasteiger partial charge on any atom is 0.120 e. The molecule has 0 radical (unpaired) electrons. The highest BCUT2D eigenvalue weighted by Crippen LogP contribution is 2.14. The lowest BCUT2D eigenvalue weighted by molar-refractivity contribution is 0.00349. The number of fused-ring (bicyclic) bond motifs is 1. The largest absolute Gasteiger partial charge is 0.391 e. The number of morpholine rings is 1. The molecule has 2 N–H and O–H groups in total. The summed E-state index contributed by atoms with van der Waals surface area (Å²) in [4.78, 5) is 7.41. The quantitative estimate of drug-likeness (QED) is 0.871. The fourth-order valence-electron chi connectivity index (χ4n) is 2.44. The van der Waals surface area contributed by atoms with Crippen LogP contribution in [0.15, 0.2) is 36.4 Å². The van der Waals surface area contributed by atoms with Crippen molar-refractivity contribution in [2.24, 2.45) is 5.73 Å². The highest BCUT2D eigenvalue weighted by atomic mass is 32.1. The summed E-state index contributed by atoms with van der Waals surface area (Å²) >= 11 is 5.01. The molecule has 5 heteroatoms. The van der Waals surface area contributed by atoms with E-state index in [9.17, 15) is 0 Å². The molecule has 0 saturated carbocycles. The van der Waals surface area contributed by atoms with Crippen LogP contribution in [0.25, 0.3) is 10.9 Å². The minimum atomic E-state index is -0.140. The summed E-state index contributed by atoms with van der Waals surface area (Å²) < 4.78 is 5.55. The number of hydrogen-bond acceptors (Lipinski definition) is 4. The molecule has 0 aliphatic carbocycles. The minimum Gasteiger partial charge on any atom is -0.391 e. The van der Waals surface area contributed by atoms with Gasteiger partial charge in [0.25, 0.3) is 0 Å². The summed E-state index contributed by atoms with van der Waals surface area (Å²) in [5.74, 6) is 0. The zero-order valence-electron chi connectivity index (χ0n) is 11.2. The first-order chi connectivity index (χ1) is 9.72. The van der Waals surface area contributed by atoms with Crippen molar-refractivity contribution >= 4 is 28.1 Å². The van der Waals surface area contributed by atoms with E-state index in [-0.39, 0.29) is 6.10 Å². The van der Waals surface area contributed by atoms with Crippen LogP contribution in [0.2, 0.25) is 0 Å². The molecule has 0 amide bonds. The van der Waals surface area contributed by atoms with E-state index in [2.05, 4.69) is 23.1 Å². The number of benzene rings is 1. The average Bonchev–Trinajstić information content (AvgIpc) is 2.47. The molecule has 2 heterocycles. The number of nitrogens with two attached hydrogens (primary N) is 1. The summed E-state index contributed by atoms with van der Waals surface area (Å²) in [7, 11) is 0. The SMILES string of the molecule is NC(=S)C1CN(Cc2ccc3ccccc3n2)CCO1. The number of thiocarbonyl (C=S) groups is 1. The van der Waals surface area contributed by atoms with Crippen molar-refractivity contribution in [2.45, 2.75) is 12.6 Å². The Hall–Kier alpha value is -1.56. The van der Waals surface area contributed by atoms with Gasteiger partial charge in [-0.05, 0) is 12.1 Å². The monoisotopic (exact) mass is 287 g/mol. The molecule has 104 valence electrons. The lowest BCUT2D eigenvalue weighted by atomic mass is 10.2. The fraction of sp³-hybridized carbons (Fsp3) is 0.333. The third kappa shape index (κ3) is 2.95. The summed E-state index contributed by atoms with van der Waals surface area (Å²) in [6.45, 7) is 3.08. The molecule has 1 saturated heterocycles. The van der Waals surface area contributed by atoms with Crippen LogP contribution in [-0.2, 0) is 11.3 Å². The molecule has 20 heavy (non-hydrogen) atoms. The molecule has 1 aromatic heterocycles. The van der Waals surface area contributed by atoms with Crippen molar-refractivity contribution in [3.05, 3.63) is 42.1 Å². The van der Waals surface area contributed by atoms with Gasteiger partial charge in [0.05, 0.1) is 17.8 Å². The summed E-state index contributed by atoms with van der Waals surface area (Å²) in [5, 5.41) is 1.17. The van der Waals surface area contributed by atoms with Gasteiger partial charge < -0.3 is 10.5 Å². The first kappa shape index (κ1) is 13.4. The van der Waals surface area contributed by atoms with Gasteiger partial charge in [0.15, 0.2) is 0 Å². The second-order valence-corrected chi connectivity index (χ2v) is 5.46. The maximum atomic E-state index is 5.66. The van der Waals surface area contributed by atoms with Crippen molar-refractivity contribution in [3.63, 3.8) is 0 Å². The molecule has 3 rings (SSSR count). The van der Waals surface area contributed by atoms with Gasteiger partial charge in [0.1, 0.15) is 11.1 Å². The lowest BCUT2D eigenvalue weighted by Crippen LogP contribution is -2.47. The smallest absolute Gasteiger partial charge is 0.120 e. The van der Waals surface area contributed by atoms with Crippen LogP contribution < -0.4 is 5.73 Å². The highest BCUT2D eigenvalue weighted by Gasteiger charge is 2.22. The van der Waals surface area contributed by atoms with Gasteiger partial charge in [-0.3, -0.25) is 9.88 Å². The van der Waals surface area contributed by atoms with E-state index in [0.29, 0.717) is 11.6 Å². The van der Waals surface area contributed by atoms with Gasteiger partial charge in [0, 0.05) is 25.0 Å². The second-order valence-electron chi connectivity index (χ2n) is 4.99. The van der Waals surface area contributed by atoms with Crippen molar-refractivity contribution in [1.29, 1.82) is 0 Å². The number of rotatable bonds is 3. The lowest BCUT2D eigenvalue weighted by Gasteiger charge is -2.32. The van der Waals surface area contributed by atoms with Gasteiger partial charge in [-0.15, -0.1) is 0 Å². The Labute approximate surface area is 123 Å². The third-order valence-corrected chi connectivity index (χ3v) is 3.77. The molecule has 2 aromatic rings. The van der Waals surface area contributed by atoms with Gasteiger partial charge >= 0.3 is 0 Å². The minimum absolute atomic E-state index is 0.140. The normalized spacial score (nSPS) is 20.1. The van der Waals surface area contributed by atoms with E-state index in [0.717, 1.165) is 30.8 Å². The molecule has 1 fully saturated rings. The number of hydrogen-bond donors (Lipinski definition) is 1. The Morgan fingerprint density at radius 1 is 1.35 bits per heavy atom. The van der Waals surface area contributed by atoms with Crippen LogP contribution in [0.5, 0.6) is 0 Å². The van der Waals surface area contributed by atoms with Crippen LogP contribution in [0.3, 0.4) is 0 Å². The molecule has 1 atom stereocenters. The van der Waals surface area contributed by atoms with Gasteiger partial charge in [-0.2, -0.15) is 0 Å². The van der Waals surface area contributed by atoms with Crippen molar-refractivity contribution in [2.75, 3.05) is 19.7 Å². The molecule has 1 unspecified atom stereocenters. The van der Waals surface area contributed by atoms with E-state index in [1.807, 2.05) is 18.2 Å². The number of pyridine rings is 1. The molecule has 0 spiro atoms. The van der Waals surface area contributed by atoms with Crippen LogP contribution in [0, 0.1) is 0 Å². The molecule has 1 aromatic carbocycles. The predicted octanol–water partition coefficient (Wildman–Crippen LogP) is 1.72. The molecule has 0 bridgehead atoms. The number of nitrogens with zero attached hydrogens (tertiary/aromatic N) is 2. The van der Waals surface area contributed by atoms with Crippen molar-refractivity contribution < 1.29 is 4.74 Å². The molecular weight excluding hydrogens is 270 g/mol. The van der Waals surface area contributed by atoms with Crippen LogP contribution >= 0.6 is 12.2 Å². The Bertz CT molecular complexity index is 631. The van der Waals surface area contributed by atoms with E-state index in [1.54, 1.807) is 0 Å². The average molecular weight is 287 g/mol. The van der Waals surface area contributed by atoms with Crippen LogP contribution in [0.1, 0.15) is 5.69 Å². The standard InChI is InChI=1S/C15H17N3OS/c16-15(20)14-10-18(7-8-19-14)9-12-6-5-11-3-1-2-4-13(11)17-12/h1-6,14H,7-10H2,(H2,16,20). The van der Waals surface area contributed by atoms with E-state index < -0.39 is 0 Å². The van der Waals surface area contributed by atoms with Crippen LogP contribution in [0.4, 0.5) is 0 Å². The van der Waals surface area contributed by atoms with Gasteiger partial charge in [-0.1, -0.05) is 36.5 Å². The van der Waals surface area contributed by atoms with Crippen molar-refractivity contribution in [1.82, 2.24) is 9.88 Å². The molecular formula is C15H17N3OS. The summed E-state index contributed by atoms with van der Waals surface area (Å²) in [5.41, 5.74) is 7.76. The Kier molecular flexibility index (Phi) is 3.91. The Morgan fingerprint density at radius 3 is 3.05 bits per heavy atom. The zero-order chi connectivity index (χ0) is 13.9. The third-order valence-electron chi connectivity index (χ3n) is 3.51. The Balaban J connectivity index is 1.74. The number of para-hydroxylation sites is 1. The Morgan fingerprint density at radius 2 is 2.20 bits per heavy atom. The number of aromatic nitrogens is 1.